The van der Waals surface area contributed by atoms with Gasteiger partial charge >= 0.3 is 5.97 Å². The summed E-state index contributed by atoms with van der Waals surface area (Å²) in [6, 6.07) is 3.69. The normalized spacial score (nSPS) is 10.6. The number of aromatic amines is 1. The van der Waals surface area contributed by atoms with Crippen LogP contribution in [0.2, 0.25) is 0 Å². The molecule has 0 fully saturated rings. The largest absolute Gasteiger partial charge is 0.469 e. The fraction of sp³-hybridized carbons (Fsp3) is 0.200. The zero-order valence-electron chi connectivity index (χ0n) is 8.58. The van der Waals surface area contributed by atoms with Gasteiger partial charge in [-0.05, 0) is 17.7 Å². The summed E-state index contributed by atoms with van der Waals surface area (Å²) in [7, 11) is 1.36. The fourth-order valence-electron chi connectivity index (χ4n) is 1.53. The smallest absolute Gasteiger partial charge is 0.310 e. The van der Waals surface area contributed by atoms with Crippen LogP contribution in [0.3, 0.4) is 0 Å². The van der Waals surface area contributed by atoms with E-state index in [0.717, 1.165) is 15.6 Å². The third kappa shape index (κ3) is 2.01. The number of rotatable bonds is 2. The first-order valence-electron chi connectivity index (χ1n) is 4.60. The number of nitrogens with one attached hydrogen (secondary N) is 1. The second kappa shape index (κ2) is 4.13. The molecule has 0 saturated carbocycles. The first-order chi connectivity index (χ1) is 7.60. The van der Waals surface area contributed by atoms with Crippen molar-refractivity contribution in [1.82, 2.24) is 9.97 Å². The molecule has 0 aliphatic rings. The number of fused-ring (bicyclic) bond motifs is 1. The van der Waals surface area contributed by atoms with Gasteiger partial charge in [-0.2, -0.15) is 0 Å². The zero-order valence-corrected chi connectivity index (χ0v) is 10.2. The van der Waals surface area contributed by atoms with Crippen LogP contribution in [0, 0.1) is 0 Å². The summed E-state index contributed by atoms with van der Waals surface area (Å²) in [6.45, 7) is 0. The van der Waals surface area contributed by atoms with Gasteiger partial charge in [0.25, 0.3) is 0 Å². The number of ether oxygens (including phenoxy) is 1. The Hall–Kier alpha value is -1.56. The number of hydrogen-bond donors (Lipinski definition) is 2. The van der Waals surface area contributed by atoms with Gasteiger partial charge in [0.2, 0.25) is 0 Å². The lowest BCUT2D eigenvalue weighted by Crippen LogP contribution is -2.05. The van der Waals surface area contributed by atoms with E-state index in [9.17, 15) is 4.79 Å². The fourth-order valence-corrected chi connectivity index (χ4v) is 2.04. The molecule has 0 radical (unpaired) electrons. The molecule has 0 spiro atoms. The number of halogens is 1. The lowest BCUT2D eigenvalue weighted by atomic mass is 10.1. The molecule has 0 unspecified atom stereocenters. The summed E-state index contributed by atoms with van der Waals surface area (Å²) in [4.78, 5) is 18.3. The Labute approximate surface area is 100 Å². The topological polar surface area (TPSA) is 81.0 Å². The molecule has 0 bridgehead atoms. The lowest BCUT2D eigenvalue weighted by molar-refractivity contribution is -0.139. The third-order valence-electron chi connectivity index (χ3n) is 2.21. The van der Waals surface area contributed by atoms with Crippen molar-refractivity contribution in [1.29, 1.82) is 0 Å². The van der Waals surface area contributed by atoms with Gasteiger partial charge in [0, 0.05) is 4.47 Å². The summed E-state index contributed by atoms with van der Waals surface area (Å²) in [5.41, 5.74) is 7.85. The molecule has 84 valence electrons. The molecule has 6 heteroatoms. The third-order valence-corrected chi connectivity index (χ3v) is 2.67. The average Bonchev–Trinajstić information content (AvgIpc) is 2.58. The molecular weight excluding hydrogens is 274 g/mol. The number of methoxy groups -OCH3 is 1. The maximum atomic E-state index is 11.2. The van der Waals surface area contributed by atoms with E-state index >= 15 is 0 Å². The van der Waals surface area contributed by atoms with E-state index in [1.807, 2.05) is 12.1 Å². The van der Waals surface area contributed by atoms with Crippen molar-refractivity contribution in [3.63, 3.8) is 0 Å². The number of nitrogens with zero attached hydrogens (tertiary/aromatic N) is 1. The molecule has 1 heterocycles. The van der Waals surface area contributed by atoms with Gasteiger partial charge in [-0.3, -0.25) is 4.79 Å². The van der Waals surface area contributed by atoms with Crippen LogP contribution in [0.25, 0.3) is 11.0 Å². The number of nitrogen functional groups attached to an aromatic ring is 1. The van der Waals surface area contributed by atoms with E-state index in [1.165, 1.54) is 7.11 Å². The van der Waals surface area contributed by atoms with Crippen molar-refractivity contribution in [3.8, 4) is 0 Å². The molecule has 2 rings (SSSR count). The summed E-state index contributed by atoms with van der Waals surface area (Å²) in [5.74, 6) is 0.0280. The molecule has 1 aromatic carbocycles. The van der Waals surface area contributed by atoms with Crippen LogP contribution in [0.5, 0.6) is 0 Å². The Morgan fingerprint density at radius 3 is 3.06 bits per heavy atom. The number of carbonyl (C=O) groups is 1. The van der Waals surface area contributed by atoms with Crippen LogP contribution in [-0.2, 0) is 16.0 Å². The van der Waals surface area contributed by atoms with Crippen LogP contribution in [0.1, 0.15) is 5.56 Å². The van der Waals surface area contributed by atoms with Gasteiger partial charge in [-0.15, -0.1) is 0 Å². The maximum Gasteiger partial charge on any atom is 0.310 e. The highest BCUT2D eigenvalue weighted by Gasteiger charge is 2.11. The van der Waals surface area contributed by atoms with Crippen molar-refractivity contribution in [2.45, 2.75) is 6.42 Å². The molecule has 0 amide bonds. The van der Waals surface area contributed by atoms with Gasteiger partial charge in [-0.25, -0.2) is 4.98 Å². The van der Waals surface area contributed by atoms with E-state index in [0.29, 0.717) is 11.5 Å². The molecule has 5 nitrogen and oxygen atoms in total. The van der Waals surface area contributed by atoms with Crippen molar-refractivity contribution in [2.75, 3.05) is 12.8 Å². The number of hydrogen-bond acceptors (Lipinski definition) is 4. The van der Waals surface area contributed by atoms with Crippen molar-refractivity contribution in [3.05, 3.63) is 22.2 Å². The first kappa shape index (κ1) is 10.9. The van der Waals surface area contributed by atoms with Gasteiger partial charge in [0.1, 0.15) is 0 Å². The number of anilines is 1. The SMILES string of the molecule is COC(=O)Cc1cc(Br)cc2[nH]c(N)nc12. The van der Waals surface area contributed by atoms with Crippen LogP contribution >= 0.6 is 15.9 Å². The Morgan fingerprint density at radius 2 is 2.38 bits per heavy atom. The summed E-state index contributed by atoms with van der Waals surface area (Å²) >= 11 is 3.36. The summed E-state index contributed by atoms with van der Waals surface area (Å²) in [5, 5.41) is 0. The monoisotopic (exact) mass is 283 g/mol. The standard InChI is InChI=1S/C10H10BrN3O2/c1-16-8(15)3-5-2-6(11)4-7-9(5)14-10(12)13-7/h2,4H,3H2,1H3,(H3,12,13,14). The van der Waals surface area contributed by atoms with Crippen LogP contribution in [0.4, 0.5) is 5.95 Å². The highest BCUT2D eigenvalue weighted by molar-refractivity contribution is 9.10. The van der Waals surface area contributed by atoms with Crippen LogP contribution in [0.15, 0.2) is 16.6 Å². The predicted molar refractivity (Wildman–Crippen MR) is 63.9 cm³/mol. The molecule has 0 atom stereocenters. The molecule has 1 aromatic heterocycles. The number of benzene rings is 1. The second-order valence-corrected chi connectivity index (χ2v) is 4.25. The Balaban J connectivity index is 2.53. The van der Waals surface area contributed by atoms with Gasteiger partial charge < -0.3 is 15.5 Å². The van der Waals surface area contributed by atoms with E-state index in [1.54, 1.807) is 0 Å². The van der Waals surface area contributed by atoms with Gasteiger partial charge in [-0.1, -0.05) is 15.9 Å². The van der Waals surface area contributed by atoms with Crippen LogP contribution < -0.4 is 5.73 Å². The average molecular weight is 284 g/mol. The minimum atomic E-state index is -0.305. The predicted octanol–water partition coefficient (Wildman–Crippen LogP) is 1.62. The van der Waals surface area contributed by atoms with Crippen molar-refractivity contribution in [2.24, 2.45) is 0 Å². The Kier molecular flexibility index (Phi) is 2.82. The maximum absolute atomic E-state index is 11.2. The van der Waals surface area contributed by atoms with E-state index in [2.05, 4.69) is 30.6 Å². The number of carbonyl (C=O) groups excluding carboxylic acids is 1. The van der Waals surface area contributed by atoms with Crippen LogP contribution in [-0.4, -0.2) is 23.0 Å². The highest BCUT2D eigenvalue weighted by Crippen LogP contribution is 2.23. The number of esters is 1. The summed E-state index contributed by atoms with van der Waals surface area (Å²) < 4.78 is 5.49. The van der Waals surface area contributed by atoms with Crippen molar-refractivity contribution < 1.29 is 9.53 Å². The molecule has 0 aliphatic carbocycles. The number of H-pyrrole nitrogens is 1. The molecule has 3 N–H and O–H groups in total. The number of nitrogens with two attached hydrogens (primary N) is 1. The minimum Gasteiger partial charge on any atom is -0.469 e. The minimum absolute atomic E-state index is 0.177. The summed E-state index contributed by atoms with van der Waals surface area (Å²) in [6.07, 6.45) is 0.177. The van der Waals surface area contributed by atoms with Gasteiger partial charge in [0.15, 0.2) is 5.95 Å². The lowest BCUT2D eigenvalue weighted by Gasteiger charge is -2.02. The van der Waals surface area contributed by atoms with E-state index < -0.39 is 0 Å². The Morgan fingerprint density at radius 1 is 1.62 bits per heavy atom. The molecule has 16 heavy (non-hydrogen) atoms. The van der Waals surface area contributed by atoms with E-state index in [4.69, 9.17) is 5.73 Å². The number of imidazole rings is 1. The quantitative estimate of drug-likeness (QED) is 0.821. The molecule has 2 aromatic rings. The van der Waals surface area contributed by atoms with Crippen molar-refractivity contribution >= 4 is 38.9 Å². The molecule has 0 saturated heterocycles. The zero-order chi connectivity index (χ0) is 11.7. The van der Waals surface area contributed by atoms with Gasteiger partial charge in [0.05, 0.1) is 24.6 Å². The first-order valence-corrected chi connectivity index (χ1v) is 5.40. The van der Waals surface area contributed by atoms with E-state index in [-0.39, 0.29) is 12.4 Å². The second-order valence-electron chi connectivity index (χ2n) is 3.34. The number of aromatic nitrogens is 2. The molecule has 0 aliphatic heterocycles. The molecular formula is C10H10BrN3O2. The Bertz CT molecular complexity index is 550. The highest BCUT2D eigenvalue weighted by atomic mass is 79.9.